The highest BCUT2D eigenvalue weighted by atomic mass is 16.5. The van der Waals surface area contributed by atoms with Gasteiger partial charge in [-0.15, -0.1) is 0 Å². The van der Waals surface area contributed by atoms with E-state index in [-0.39, 0.29) is 0 Å². The van der Waals surface area contributed by atoms with Gasteiger partial charge in [-0.05, 0) is 37.6 Å². The Hall–Kier alpha value is -2.06. The standard InChI is InChI=1S/C14H16N2O3/c1-19-13-5-4-10(8-15)7-11(13)9-16-6-2-3-12(16)14(17)18/h4-5,7,12H,2-3,6,9H2,1H3,(H,17,18). The van der Waals surface area contributed by atoms with Crippen molar-refractivity contribution in [3.63, 3.8) is 0 Å². The fourth-order valence-electron chi connectivity index (χ4n) is 2.49. The molecular weight excluding hydrogens is 244 g/mol. The molecule has 100 valence electrons. The molecule has 0 saturated carbocycles. The zero-order chi connectivity index (χ0) is 13.8. The van der Waals surface area contributed by atoms with Crippen molar-refractivity contribution in [3.05, 3.63) is 29.3 Å². The average molecular weight is 260 g/mol. The van der Waals surface area contributed by atoms with Crippen LogP contribution in [-0.4, -0.2) is 35.7 Å². The van der Waals surface area contributed by atoms with Crippen LogP contribution in [0.1, 0.15) is 24.0 Å². The van der Waals surface area contributed by atoms with Gasteiger partial charge in [0.05, 0.1) is 18.7 Å². The van der Waals surface area contributed by atoms with Gasteiger partial charge < -0.3 is 9.84 Å². The zero-order valence-corrected chi connectivity index (χ0v) is 10.8. The number of aliphatic carboxylic acids is 1. The smallest absolute Gasteiger partial charge is 0.320 e. The van der Waals surface area contributed by atoms with Gasteiger partial charge in [-0.3, -0.25) is 9.69 Å². The van der Waals surface area contributed by atoms with Crippen molar-refractivity contribution in [2.45, 2.75) is 25.4 Å². The molecular formula is C14H16N2O3. The lowest BCUT2D eigenvalue weighted by molar-refractivity contribution is -0.142. The first-order chi connectivity index (χ1) is 9.15. The summed E-state index contributed by atoms with van der Waals surface area (Å²) in [4.78, 5) is 13.1. The Kier molecular flexibility index (Phi) is 4.03. The Balaban J connectivity index is 2.22. The Labute approximate surface area is 112 Å². The number of benzene rings is 1. The first-order valence-electron chi connectivity index (χ1n) is 6.19. The first-order valence-corrected chi connectivity index (χ1v) is 6.19. The zero-order valence-electron chi connectivity index (χ0n) is 10.8. The van der Waals surface area contributed by atoms with Crippen molar-refractivity contribution in [3.8, 4) is 11.8 Å². The monoisotopic (exact) mass is 260 g/mol. The number of likely N-dealkylation sites (tertiary alicyclic amines) is 1. The molecule has 1 N–H and O–H groups in total. The van der Waals surface area contributed by atoms with E-state index in [0.29, 0.717) is 24.3 Å². The van der Waals surface area contributed by atoms with Gasteiger partial charge in [0.15, 0.2) is 0 Å². The molecule has 1 unspecified atom stereocenters. The lowest BCUT2D eigenvalue weighted by Crippen LogP contribution is -2.35. The van der Waals surface area contributed by atoms with E-state index < -0.39 is 12.0 Å². The molecule has 1 atom stereocenters. The lowest BCUT2D eigenvalue weighted by Gasteiger charge is -2.22. The van der Waals surface area contributed by atoms with Crippen LogP contribution in [0.4, 0.5) is 0 Å². The summed E-state index contributed by atoms with van der Waals surface area (Å²) in [5.41, 5.74) is 1.41. The number of nitriles is 1. The summed E-state index contributed by atoms with van der Waals surface area (Å²) >= 11 is 0. The maximum Gasteiger partial charge on any atom is 0.320 e. The minimum Gasteiger partial charge on any atom is -0.496 e. The second kappa shape index (κ2) is 5.72. The van der Waals surface area contributed by atoms with Crippen LogP contribution < -0.4 is 4.74 Å². The van der Waals surface area contributed by atoms with E-state index in [2.05, 4.69) is 6.07 Å². The Morgan fingerprint density at radius 3 is 3.05 bits per heavy atom. The van der Waals surface area contributed by atoms with Gasteiger partial charge in [0.25, 0.3) is 0 Å². The van der Waals surface area contributed by atoms with Crippen molar-refractivity contribution in [2.75, 3.05) is 13.7 Å². The lowest BCUT2D eigenvalue weighted by atomic mass is 10.1. The van der Waals surface area contributed by atoms with E-state index in [1.165, 1.54) is 0 Å². The number of carbonyl (C=O) groups is 1. The Morgan fingerprint density at radius 2 is 2.42 bits per heavy atom. The van der Waals surface area contributed by atoms with Crippen LogP contribution in [0, 0.1) is 11.3 Å². The summed E-state index contributed by atoms with van der Waals surface area (Å²) in [7, 11) is 1.57. The summed E-state index contributed by atoms with van der Waals surface area (Å²) in [6, 6.07) is 6.86. The third-order valence-electron chi connectivity index (χ3n) is 3.43. The van der Waals surface area contributed by atoms with E-state index >= 15 is 0 Å². The van der Waals surface area contributed by atoms with Crippen LogP contribution in [0.5, 0.6) is 5.75 Å². The highest BCUT2D eigenvalue weighted by Gasteiger charge is 2.30. The quantitative estimate of drug-likeness (QED) is 0.890. The van der Waals surface area contributed by atoms with Crippen molar-refractivity contribution in [1.29, 1.82) is 5.26 Å². The first kappa shape index (κ1) is 13.4. The van der Waals surface area contributed by atoms with Crippen molar-refractivity contribution in [2.24, 2.45) is 0 Å². The van der Waals surface area contributed by atoms with Crippen molar-refractivity contribution < 1.29 is 14.6 Å². The number of nitrogens with zero attached hydrogens (tertiary/aromatic N) is 2. The molecule has 0 aromatic heterocycles. The van der Waals surface area contributed by atoms with Crippen molar-refractivity contribution >= 4 is 5.97 Å². The van der Waals surface area contributed by atoms with Gasteiger partial charge in [0.1, 0.15) is 11.8 Å². The van der Waals surface area contributed by atoms with E-state index in [9.17, 15) is 4.79 Å². The third kappa shape index (κ3) is 2.85. The fraction of sp³-hybridized carbons (Fsp3) is 0.429. The maximum atomic E-state index is 11.2. The van der Waals surface area contributed by atoms with Gasteiger partial charge in [0, 0.05) is 12.1 Å². The Bertz CT molecular complexity index is 522. The molecule has 1 aliphatic heterocycles. The predicted molar refractivity (Wildman–Crippen MR) is 68.8 cm³/mol. The topological polar surface area (TPSA) is 73.6 Å². The normalized spacial score (nSPS) is 19.1. The molecule has 1 aromatic rings. The minimum atomic E-state index is -0.784. The van der Waals surface area contributed by atoms with Crippen LogP contribution in [0.3, 0.4) is 0 Å². The van der Waals surface area contributed by atoms with Gasteiger partial charge in [-0.1, -0.05) is 0 Å². The van der Waals surface area contributed by atoms with Gasteiger partial charge in [-0.25, -0.2) is 0 Å². The highest BCUT2D eigenvalue weighted by molar-refractivity contribution is 5.73. The average Bonchev–Trinajstić information content (AvgIpc) is 2.87. The van der Waals surface area contributed by atoms with E-state index in [1.807, 2.05) is 4.90 Å². The van der Waals surface area contributed by atoms with Crippen LogP contribution >= 0.6 is 0 Å². The number of methoxy groups -OCH3 is 1. The molecule has 0 spiro atoms. The largest absolute Gasteiger partial charge is 0.496 e. The number of hydrogen-bond acceptors (Lipinski definition) is 4. The molecule has 19 heavy (non-hydrogen) atoms. The summed E-state index contributed by atoms with van der Waals surface area (Å²) in [5.74, 6) is -0.0945. The molecule has 1 aromatic carbocycles. The van der Waals surface area contributed by atoms with Crippen molar-refractivity contribution in [1.82, 2.24) is 4.90 Å². The van der Waals surface area contributed by atoms with Gasteiger partial charge >= 0.3 is 5.97 Å². The number of ether oxygens (including phenoxy) is 1. The molecule has 2 rings (SSSR count). The third-order valence-corrected chi connectivity index (χ3v) is 3.43. The molecule has 5 heteroatoms. The summed E-state index contributed by atoms with van der Waals surface area (Å²) in [6.45, 7) is 1.26. The predicted octanol–water partition coefficient (Wildman–Crippen LogP) is 1.62. The second-order valence-electron chi connectivity index (χ2n) is 4.61. The fourth-order valence-corrected chi connectivity index (χ4v) is 2.49. The molecule has 1 heterocycles. The molecule has 1 aliphatic rings. The summed E-state index contributed by atoms with van der Waals surface area (Å²) < 4.78 is 5.27. The molecule has 5 nitrogen and oxygen atoms in total. The van der Waals surface area contributed by atoms with Crippen LogP contribution in [0.25, 0.3) is 0 Å². The van der Waals surface area contributed by atoms with E-state index in [4.69, 9.17) is 15.1 Å². The SMILES string of the molecule is COc1ccc(C#N)cc1CN1CCCC1C(=O)O. The molecule has 0 bridgehead atoms. The Morgan fingerprint density at radius 1 is 1.63 bits per heavy atom. The van der Waals surface area contributed by atoms with Crippen LogP contribution in [-0.2, 0) is 11.3 Å². The molecule has 0 radical (unpaired) electrons. The van der Waals surface area contributed by atoms with Gasteiger partial charge in [-0.2, -0.15) is 5.26 Å². The number of hydrogen-bond donors (Lipinski definition) is 1. The minimum absolute atomic E-state index is 0.435. The number of carboxylic acids is 1. The number of rotatable bonds is 4. The highest BCUT2D eigenvalue weighted by Crippen LogP contribution is 2.26. The van der Waals surface area contributed by atoms with Gasteiger partial charge in [0.2, 0.25) is 0 Å². The van der Waals surface area contributed by atoms with E-state index in [0.717, 1.165) is 18.5 Å². The summed E-state index contributed by atoms with van der Waals surface area (Å²) in [6.07, 6.45) is 1.56. The summed E-state index contributed by atoms with van der Waals surface area (Å²) in [5, 5.41) is 18.1. The molecule has 0 aliphatic carbocycles. The molecule has 1 fully saturated rings. The van der Waals surface area contributed by atoms with E-state index in [1.54, 1.807) is 25.3 Å². The maximum absolute atomic E-state index is 11.2. The number of carboxylic acid groups (broad SMARTS) is 1. The molecule has 1 saturated heterocycles. The van der Waals surface area contributed by atoms with Crippen LogP contribution in [0.2, 0.25) is 0 Å². The second-order valence-corrected chi connectivity index (χ2v) is 4.61. The molecule has 0 amide bonds. The van der Waals surface area contributed by atoms with Crippen LogP contribution in [0.15, 0.2) is 18.2 Å².